The van der Waals surface area contributed by atoms with Gasteiger partial charge in [0, 0.05) is 74.3 Å². The number of rotatable bonds is 38. The molecule has 3 aliphatic heterocycles. The van der Waals surface area contributed by atoms with Gasteiger partial charge in [-0.05, 0) is 0 Å². The zero-order valence-electron chi connectivity index (χ0n) is 50.7. The maximum atomic E-state index is 12.3. The summed E-state index contributed by atoms with van der Waals surface area (Å²) in [5.74, 6) is -5.59. The van der Waals surface area contributed by atoms with E-state index < -0.39 is 153 Å². The minimum Gasteiger partial charge on any atom is -0.463 e. The molecule has 5 heterocycles. The molecule has 0 unspecified atom stereocenters. The van der Waals surface area contributed by atoms with Gasteiger partial charge in [0.2, 0.25) is 0 Å². The third-order valence-electron chi connectivity index (χ3n) is 12.6. The smallest absolute Gasteiger partial charge is 0.303 e. The standard InChI is InChI=1S/C53H78Cl2N6O28/c1-29(62)78-27-40-43(81-31(3)64)46(83-33(5)66)49(85-35(7)68)52(88-40)76-16-12-60-22-37(56-58-60)24-73-26-39-42(74-20-18-71-14-10-54)45(75-21-19-72-15-11-55)48(51(70-9)87-39)80-25-38-23-61(59-57-38)13-17-77-53-50(86-36(8)69)47(84-34(6)67)44(82-32(4)65)41(89-53)28-79-30(2)63/h22-23,39-53H,10-21,24-28H2,1-9H3/t39-,40-,41-,42+,43-,44-,45+,46+,47+,48-,49+,50+,51+,52+,53+/m1/s1. The molecule has 0 radical (unpaired) electrons. The predicted molar refractivity (Wildman–Crippen MR) is 292 cm³/mol. The van der Waals surface area contributed by atoms with Crippen LogP contribution in [-0.2, 0) is 159 Å². The van der Waals surface area contributed by atoms with E-state index in [0.29, 0.717) is 11.4 Å². The number of nitrogens with zero attached hydrogens (tertiary/aromatic N) is 6. The molecule has 3 fully saturated rings. The van der Waals surface area contributed by atoms with Crippen LogP contribution in [0.25, 0.3) is 0 Å². The number of aromatic nitrogens is 6. The quantitative estimate of drug-likeness (QED) is 0.0364. The third kappa shape index (κ3) is 25.0. The normalized spacial score (nSPS) is 26.8. The first-order chi connectivity index (χ1) is 42.6. The van der Waals surface area contributed by atoms with Gasteiger partial charge < -0.3 is 94.7 Å². The van der Waals surface area contributed by atoms with E-state index in [1.807, 2.05) is 0 Å². The second-order valence-corrected chi connectivity index (χ2v) is 20.4. The van der Waals surface area contributed by atoms with E-state index >= 15 is 0 Å². The molecule has 502 valence electrons. The molecule has 3 saturated heterocycles. The van der Waals surface area contributed by atoms with E-state index in [4.69, 9.17) is 118 Å². The number of ether oxygens (including phenoxy) is 20. The fourth-order valence-electron chi connectivity index (χ4n) is 9.23. The SMILES string of the molecule is CO[C@H]1O[C@H](COCc2cn(CCO[C@H]3O[C@H](COC(C)=O)[C@@H](OC(C)=O)[C@H](OC(C)=O)[C@@H]3OC(C)=O)nn2)[C@H](OCCOCCCl)[C@H](OCCOCCCl)[C@H]1OCc1cn(CCO[C@H]2O[C@H](COC(C)=O)[C@@H](OC(C)=O)[C@H](OC(C)=O)[C@@H]2OC(C)=O)nn1. The van der Waals surface area contributed by atoms with Crippen molar-refractivity contribution in [2.75, 3.05) is 91.5 Å². The molecule has 3 aliphatic rings. The number of carbonyl (C=O) groups is 8. The van der Waals surface area contributed by atoms with E-state index in [9.17, 15) is 38.4 Å². The highest BCUT2D eigenvalue weighted by molar-refractivity contribution is 6.18. The van der Waals surface area contributed by atoms with Gasteiger partial charge >= 0.3 is 47.8 Å². The van der Waals surface area contributed by atoms with Gasteiger partial charge in [-0.3, -0.25) is 38.4 Å². The van der Waals surface area contributed by atoms with E-state index in [1.54, 1.807) is 12.4 Å². The third-order valence-corrected chi connectivity index (χ3v) is 12.9. The Kier molecular flexibility index (Phi) is 32.2. The van der Waals surface area contributed by atoms with Crippen LogP contribution in [0.4, 0.5) is 0 Å². The number of alkyl halides is 2. The molecule has 0 spiro atoms. The van der Waals surface area contributed by atoms with Gasteiger partial charge in [-0.2, -0.15) is 0 Å². The van der Waals surface area contributed by atoms with Gasteiger partial charge in [0.05, 0.1) is 98.2 Å². The van der Waals surface area contributed by atoms with Crippen LogP contribution in [0.15, 0.2) is 12.4 Å². The Morgan fingerprint density at radius 3 is 1.21 bits per heavy atom. The maximum Gasteiger partial charge on any atom is 0.303 e. The summed E-state index contributed by atoms with van der Waals surface area (Å²) in [7, 11) is 1.42. The van der Waals surface area contributed by atoms with Crippen molar-refractivity contribution in [3.63, 3.8) is 0 Å². The zero-order valence-corrected chi connectivity index (χ0v) is 52.2. The lowest BCUT2D eigenvalue weighted by molar-refractivity contribution is -0.321. The highest BCUT2D eigenvalue weighted by Gasteiger charge is 2.55. The van der Waals surface area contributed by atoms with Gasteiger partial charge in [-0.1, -0.05) is 10.4 Å². The van der Waals surface area contributed by atoms with Crippen LogP contribution >= 0.6 is 23.2 Å². The monoisotopic (exact) mass is 1320 g/mol. The molecule has 89 heavy (non-hydrogen) atoms. The van der Waals surface area contributed by atoms with Gasteiger partial charge in [0.25, 0.3) is 0 Å². The molecular formula is C53H78Cl2N6O28. The van der Waals surface area contributed by atoms with Crippen LogP contribution in [0, 0.1) is 0 Å². The first-order valence-electron chi connectivity index (χ1n) is 28.1. The second-order valence-electron chi connectivity index (χ2n) is 19.7. The summed E-state index contributed by atoms with van der Waals surface area (Å²) in [4.78, 5) is 97.0. The van der Waals surface area contributed by atoms with Gasteiger partial charge in [0.1, 0.15) is 61.2 Å². The summed E-state index contributed by atoms with van der Waals surface area (Å²) in [6, 6.07) is 0. The van der Waals surface area contributed by atoms with Crippen LogP contribution in [0.5, 0.6) is 0 Å². The van der Waals surface area contributed by atoms with E-state index in [1.165, 1.54) is 16.5 Å². The Bertz CT molecular complexity index is 2550. The number of hydrogen-bond acceptors (Lipinski definition) is 32. The van der Waals surface area contributed by atoms with Crippen molar-refractivity contribution in [1.29, 1.82) is 0 Å². The average molecular weight is 1320 g/mol. The first-order valence-corrected chi connectivity index (χ1v) is 29.2. The van der Waals surface area contributed by atoms with Crippen molar-refractivity contribution in [3.05, 3.63) is 23.8 Å². The van der Waals surface area contributed by atoms with E-state index in [2.05, 4.69) is 20.6 Å². The minimum atomic E-state index is -1.44. The van der Waals surface area contributed by atoms with Crippen LogP contribution < -0.4 is 0 Å². The number of methoxy groups -OCH3 is 1. The average Bonchev–Trinajstić information content (AvgIpc) is 2.75. The Morgan fingerprint density at radius 1 is 0.404 bits per heavy atom. The van der Waals surface area contributed by atoms with Gasteiger partial charge in [-0.25, -0.2) is 9.36 Å². The first kappa shape index (κ1) is 73.9. The number of hydrogen-bond donors (Lipinski definition) is 0. The Labute approximate surface area is 521 Å². The summed E-state index contributed by atoms with van der Waals surface area (Å²) >= 11 is 11.7. The van der Waals surface area contributed by atoms with Crippen LogP contribution in [0.3, 0.4) is 0 Å². The molecule has 2 aromatic heterocycles. The molecule has 0 aliphatic carbocycles. The van der Waals surface area contributed by atoms with Crippen molar-refractivity contribution in [2.24, 2.45) is 0 Å². The van der Waals surface area contributed by atoms with Gasteiger partial charge in [-0.15, -0.1) is 33.4 Å². The van der Waals surface area contributed by atoms with Crippen molar-refractivity contribution in [1.82, 2.24) is 30.0 Å². The number of halogens is 2. The Balaban J connectivity index is 1.26. The summed E-state index contributed by atoms with van der Waals surface area (Å²) in [5.41, 5.74) is 0.725. The molecule has 36 heteroatoms. The summed E-state index contributed by atoms with van der Waals surface area (Å²) in [6.45, 7) is 8.52. The lowest BCUT2D eigenvalue weighted by Crippen LogP contribution is -2.63. The van der Waals surface area contributed by atoms with Crippen LogP contribution in [-0.4, -0.2) is 261 Å². The Morgan fingerprint density at radius 2 is 0.798 bits per heavy atom. The molecule has 0 saturated carbocycles. The summed E-state index contributed by atoms with van der Waals surface area (Å²) in [6.07, 6.45) is -15.3. The predicted octanol–water partition coefficient (Wildman–Crippen LogP) is -0.176. The molecule has 2 aromatic rings. The lowest BCUT2D eigenvalue weighted by Gasteiger charge is -2.45. The summed E-state index contributed by atoms with van der Waals surface area (Å²) < 4.78 is 119. The van der Waals surface area contributed by atoms with Crippen molar-refractivity contribution >= 4 is 71.0 Å². The van der Waals surface area contributed by atoms with Crippen molar-refractivity contribution in [3.8, 4) is 0 Å². The maximum absolute atomic E-state index is 12.3. The highest BCUT2D eigenvalue weighted by atomic mass is 35.5. The van der Waals surface area contributed by atoms with Crippen LogP contribution in [0.2, 0.25) is 0 Å². The summed E-state index contributed by atoms with van der Waals surface area (Å²) in [5, 5.41) is 16.8. The lowest BCUT2D eigenvalue weighted by atomic mass is 9.98. The number of carbonyl (C=O) groups excluding carboxylic acids is 8. The highest BCUT2D eigenvalue weighted by Crippen LogP contribution is 2.33. The minimum absolute atomic E-state index is 0.0360. The molecule has 0 N–H and O–H groups in total. The molecule has 0 bridgehead atoms. The number of esters is 8. The largest absolute Gasteiger partial charge is 0.463 e. The molecular weight excluding hydrogens is 1240 g/mol. The molecule has 0 aromatic carbocycles. The van der Waals surface area contributed by atoms with E-state index in [-0.39, 0.29) is 97.5 Å². The molecule has 0 amide bonds. The second kappa shape index (κ2) is 38.7. The topological polar surface area (TPSA) is 383 Å². The fourth-order valence-corrected chi connectivity index (χ4v) is 9.45. The van der Waals surface area contributed by atoms with Crippen molar-refractivity contribution < 1.29 is 133 Å². The van der Waals surface area contributed by atoms with Crippen LogP contribution in [0.1, 0.15) is 66.8 Å². The molecule has 34 nitrogen and oxygen atoms in total. The zero-order chi connectivity index (χ0) is 65.0. The van der Waals surface area contributed by atoms with E-state index in [0.717, 1.165) is 55.4 Å². The Hall–Kier alpha value is -5.86. The van der Waals surface area contributed by atoms with Crippen molar-refractivity contribution in [2.45, 2.75) is 174 Å². The van der Waals surface area contributed by atoms with Gasteiger partial charge in [0.15, 0.2) is 55.5 Å². The molecule has 15 atom stereocenters. The molecule has 5 rings (SSSR count). The fraction of sp³-hybridized carbons (Fsp3) is 0.774.